The molecule has 0 bridgehead atoms. The van der Waals surface area contributed by atoms with Crippen molar-refractivity contribution in [2.75, 3.05) is 6.54 Å². The van der Waals surface area contributed by atoms with Gasteiger partial charge in [0.1, 0.15) is 5.75 Å². The van der Waals surface area contributed by atoms with Crippen molar-refractivity contribution in [3.63, 3.8) is 0 Å². The summed E-state index contributed by atoms with van der Waals surface area (Å²) in [5, 5.41) is 11.8. The predicted octanol–water partition coefficient (Wildman–Crippen LogP) is 2.64. The molecule has 23 heavy (non-hydrogen) atoms. The second-order valence-corrected chi connectivity index (χ2v) is 5.43. The van der Waals surface area contributed by atoms with Gasteiger partial charge in [-0.2, -0.15) is 0 Å². The third-order valence-electron chi connectivity index (χ3n) is 3.60. The molecule has 2 N–H and O–H groups in total. The van der Waals surface area contributed by atoms with E-state index in [0.717, 1.165) is 12.0 Å². The highest BCUT2D eigenvalue weighted by atomic mass is 16.3. The Balaban J connectivity index is 1.64. The van der Waals surface area contributed by atoms with Crippen molar-refractivity contribution >= 4 is 11.7 Å². The number of hydrogen-bond donors (Lipinski definition) is 2. The van der Waals surface area contributed by atoms with Crippen molar-refractivity contribution in [2.24, 2.45) is 0 Å². The van der Waals surface area contributed by atoms with Crippen molar-refractivity contribution in [3.8, 4) is 5.75 Å². The van der Waals surface area contributed by atoms with Gasteiger partial charge in [0.25, 0.3) is 5.91 Å². The molecule has 0 aliphatic heterocycles. The molecule has 0 unspecified atom stereocenters. The molecule has 4 nitrogen and oxygen atoms in total. The van der Waals surface area contributed by atoms with Crippen LogP contribution < -0.4 is 5.32 Å². The Kier molecular flexibility index (Phi) is 6.36. The van der Waals surface area contributed by atoms with Gasteiger partial charge in [-0.15, -0.1) is 0 Å². The van der Waals surface area contributed by atoms with Gasteiger partial charge in [-0.25, -0.2) is 0 Å². The highest BCUT2D eigenvalue weighted by Crippen LogP contribution is 2.09. The van der Waals surface area contributed by atoms with Crippen LogP contribution in [0.15, 0.2) is 54.6 Å². The number of rotatable bonds is 8. The van der Waals surface area contributed by atoms with Crippen molar-refractivity contribution < 1.29 is 14.7 Å². The van der Waals surface area contributed by atoms with Gasteiger partial charge >= 0.3 is 0 Å². The SMILES string of the molecule is O=C(CCCc1ccccc1)C(=O)NCCc1ccc(O)cc1. The van der Waals surface area contributed by atoms with Crippen LogP contribution in [0.25, 0.3) is 0 Å². The van der Waals surface area contributed by atoms with E-state index in [1.54, 1.807) is 24.3 Å². The first-order valence-corrected chi connectivity index (χ1v) is 7.78. The van der Waals surface area contributed by atoms with Gasteiger partial charge in [0.15, 0.2) is 0 Å². The molecule has 120 valence electrons. The second kappa shape index (κ2) is 8.73. The van der Waals surface area contributed by atoms with Crippen molar-refractivity contribution in [1.29, 1.82) is 0 Å². The van der Waals surface area contributed by atoms with Gasteiger partial charge in [0, 0.05) is 13.0 Å². The van der Waals surface area contributed by atoms with E-state index < -0.39 is 5.91 Å². The van der Waals surface area contributed by atoms with Crippen molar-refractivity contribution in [3.05, 3.63) is 65.7 Å². The Hall–Kier alpha value is -2.62. The minimum Gasteiger partial charge on any atom is -0.508 e. The Labute approximate surface area is 136 Å². The maximum Gasteiger partial charge on any atom is 0.287 e. The topological polar surface area (TPSA) is 66.4 Å². The molecule has 4 heteroatoms. The fourth-order valence-corrected chi connectivity index (χ4v) is 2.29. The lowest BCUT2D eigenvalue weighted by Gasteiger charge is -2.05. The number of ketones is 1. The standard InChI is InChI=1S/C19H21NO3/c21-17-11-9-16(10-12-17)13-14-20-19(23)18(22)8-4-7-15-5-2-1-3-6-15/h1-3,5-6,9-12,21H,4,7-8,13-14H2,(H,20,23). The number of amides is 1. The summed E-state index contributed by atoms with van der Waals surface area (Å²) in [7, 11) is 0. The van der Waals surface area contributed by atoms with Crippen LogP contribution >= 0.6 is 0 Å². The van der Waals surface area contributed by atoms with Gasteiger partial charge in [0.05, 0.1) is 0 Å². The molecular formula is C19H21NO3. The molecule has 0 fully saturated rings. The van der Waals surface area contributed by atoms with Crippen molar-refractivity contribution in [1.82, 2.24) is 5.32 Å². The van der Waals surface area contributed by atoms with Crippen LogP contribution in [0.1, 0.15) is 24.0 Å². The smallest absolute Gasteiger partial charge is 0.287 e. The first-order chi connectivity index (χ1) is 11.1. The highest BCUT2D eigenvalue weighted by Gasteiger charge is 2.12. The third-order valence-corrected chi connectivity index (χ3v) is 3.60. The fourth-order valence-electron chi connectivity index (χ4n) is 2.29. The van der Waals surface area contributed by atoms with Gasteiger partial charge < -0.3 is 10.4 Å². The van der Waals surface area contributed by atoms with Crippen LogP contribution in [0.5, 0.6) is 5.75 Å². The van der Waals surface area contributed by atoms with Crippen LogP contribution in [0, 0.1) is 0 Å². The Bertz CT molecular complexity index is 635. The largest absolute Gasteiger partial charge is 0.508 e. The lowest BCUT2D eigenvalue weighted by Crippen LogP contribution is -2.32. The average Bonchev–Trinajstić information content (AvgIpc) is 2.57. The zero-order valence-corrected chi connectivity index (χ0v) is 13.0. The number of phenols is 1. The number of nitrogens with one attached hydrogen (secondary N) is 1. The number of hydrogen-bond acceptors (Lipinski definition) is 3. The molecule has 2 aromatic carbocycles. The van der Waals surface area contributed by atoms with Gasteiger partial charge in [0.2, 0.25) is 5.78 Å². The van der Waals surface area contributed by atoms with E-state index in [4.69, 9.17) is 0 Å². The van der Waals surface area contributed by atoms with Crippen LogP contribution in [-0.4, -0.2) is 23.3 Å². The molecule has 0 atom stereocenters. The summed E-state index contributed by atoms with van der Waals surface area (Å²) in [5.74, 6) is -0.671. The zero-order chi connectivity index (χ0) is 16.5. The number of carbonyl (C=O) groups is 2. The zero-order valence-electron chi connectivity index (χ0n) is 13.0. The summed E-state index contributed by atoms with van der Waals surface area (Å²) < 4.78 is 0. The van der Waals surface area contributed by atoms with Crippen LogP contribution in [0.4, 0.5) is 0 Å². The van der Waals surface area contributed by atoms with E-state index in [1.165, 1.54) is 5.56 Å². The summed E-state index contributed by atoms with van der Waals surface area (Å²) in [5.41, 5.74) is 2.17. The highest BCUT2D eigenvalue weighted by molar-refractivity contribution is 6.36. The number of phenolic OH excluding ortho intramolecular Hbond substituents is 1. The molecular weight excluding hydrogens is 290 g/mol. The molecule has 2 rings (SSSR count). The summed E-state index contributed by atoms with van der Waals surface area (Å²) >= 11 is 0. The molecule has 2 aromatic rings. The summed E-state index contributed by atoms with van der Waals surface area (Å²) in [6.07, 6.45) is 2.37. The van der Waals surface area contributed by atoms with E-state index in [-0.39, 0.29) is 18.0 Å². The third kappa shape index (κ3) is 5.94. The van der Waals surface area contributed by atoms with Crippen LogP contribution in [0.2, 0.25) is 0 Å². The molecule has 0 saturated carbocycles. The summed E-state index contributed by atoms with van der Waals surface area (Å²) in [6.45, 7) is 0.411. The number of aromatic hydroxyl groups is 1. The quantitative estimate of drug-likeness (QED) is 0.737. The first-order valence-electron chi connectivity index (χ1n) is 7.78. The lowest BCUT2D eigenvalue weighted by atomic mass is 10.1. The molecule has 0 aromatic heterocycles. The maximum atomic E-state index is 11.8. The van der Waals surface area contributed by atoms with E-state index in [1.807, 2.05) is 30.3 Å². The van der Waals surface area contributed by atoms with Crippen LogP contribution in [0.3, 0.4) is 0 Å². The Morgan fingerprint density at radius 2 is 1.52 bits per heavy atom. The van der Waals surface area contributed by atoms with Gasteiger partial charge in [-0.1, -0.05) is 42.5 Å². The van der Waals surface area contributed by atoms with E-state index in [9.17, 15) is 14.7 Å². The van der Waals surface area contributed by atoms with E-state index in [0.29, 0.717) is 19.4 Å². The first kappa shape index (κ1) is 16.7. The minimum atomic E-state index is -0.517. The predicted molar refractivity (Wildman–Crippen MR) is 89.2 cm³/mol. The molecule has 0 radical (unpaired) electrons. The average molecular weight is 311 g/mol. The Morgan fingerprint density at radius 3 is 2.22 bits per heavy atom. The molecule has 0 aliphatic rings. The number of benzene rings is 2. The summed E-state index contributed by atoms with van der Waals surface area (Å²) in [4.78, 5) is 23.5. The van der Waals surface area contributed by atoms with E-state index in [2.05, 4.69) is 5.32 Å². The second-order valence-electron chi connectivity index (χ2n) is 5.43. The Morgan fingerprint density at radius 1 is 0.870 bits per heavy atom. The monoisotopic (exact) mass is 311 g/mol. The van der Waals surface area contributed by atoms with Crippen molar-refractivity contribution in [2.45, 2.75) is 25.7 Å². The lowest BCUT2D eigenvalue weighted by molar-refractivity contribution is -0.137. The maximum absolute atomic E-state index is 11.8. The van der Waals surface area contributed by atoms with Crippen LogP contribution in [-0.2, 0) is 22.4 Å². The summed E-state index contributed by atoms with van der Waals surface area (Å²) in [6, 6.07) is 16.7. The van der Waals surface area contributed by atoms with Gasteiger partial charge in [-0.3, -0.25) is 9.59 Å². The normalized spacial score (nSPS) is 10.3. The minimum absolute atomic E-state index is 0.214. The van der Waals surface area contributed by atoms with Gasteiger partial charge in [-0.05, 0) is 42.5 Å². The fraction of sp³-hybridized carbons (Fsp3) is 0.263. The molecule has 0 heterocycles. The molecule has 0 aliphatic carbocycles. The van der Waals surface area contributed by atoms with E-state index >= 15 is 0 Å². The molecule has 0 saturated heterocycles. The number of carbonyl (C=O) groups excluding carboxylic acids is 2. The number of Topliss-reactive ketones (excluding diaryl/α,β-unsaturated/α-hetero) is 1. The molecule has 1 amide bonds. The molecule has 0 spiro atoms. The number of aryl methyl sites for hydroxylation is 1.